The van der Waals surface area contributed by atoms with Crippen LogP contribution in [0, 0.1) is 0 Å². The Balaban J connectivity index is 2.34. The van der Waals surface area contributed by atoms with Crippen molar-refractivity contribution >= 4 is 15.7 Å². The topological polar surface area (TPSA) is 54.5 Å². The maximum Gasteiger partial charge on any atom is 0.245 e. The van der Waals surface area contributed by atoms with Gasteiger partial charge < -0.3 is 4.90 Å². The van der Waals surface area contributed by atoms with Crippen molar-refractivity contribution in [2.45, 2.75) is 31.4 Å². The molecule has 0 N–H and O–H groups in total. The zero-order chi connectivity index (χ0) is 14.6. The third kappa shape index (κ3) is 3.20. The van der Waals surface area contributed by atoms with Crippen LogP contribution in [-0.2, 0) is 14.6 Å². The van der Waals surface area contributed by atoms with E-state index in [2.05, 4.69) is 0 Å². The molecule has 1 amide bonds. The van der Waals surface area contributed by atoms with Gasteiger partial charge in [0.1, 0.15) is 0 Å². The molecule has 1 heterocycles. The summed E-state index contributed by atoms with van der Waals surface area (Å²) in [5, 5.41) is -1.05. The molecule has 1 aliphatic rings. The van der Waals surface area contributed by atoms with Crippen LogP contribution in [0.5, 0.6) is 0 Å². The molecule has 1 aromatic carbocycles. The van der Waals surface area contributed by atoms with Gasteiger partial charge in [0, 0.05) is 18.8 Å². The maximum atomic E-state index is 12.7. The summed E-state index contributed by atoms with van der Waals surface area (Å²) in [6.45, 7) is 2.93. The van der Waals surface area contributed by atoms with Gasteiger partial charge in [0.05, 0.1) is 0 Å². The lowest BCUT2D eigenvalue weighted by atomic mass is 10.1. The molecule has 1 fully saturated rings. The fourth-order valence-electron chi connectivity index (χ4n) is 2.58. The summed E-state index contributed by atoms with van der Waals surface area (Å²) >= 11 is 0. The van der Waals surface area contributed by atoms with Gasteiger partial charge in [-0.2, -0.15) is 0 Å². The average molecular weight is 295 g/mol. The summed E-state index contributed by atoms with van der Waals surface area (Å²) < 4.78 is 24.7. The van der Waals surface area contributed by atoms with Crippen molar-refractivity contribution in [3.05, 3.63) is 35.9 Å². The molecule has 0 spiro atoms. The molecule has 0 bridgehead atoms. The minimum Gasteiger partial charge on any atom is -0.341 e. The molecule has 4 nitrogen and oxygen atoms in total. The van der Waals surface area contributed by atoms with Crippen LogP contribution in [0.15, 0.2) is 30.3 Å². The molecule has 110 valence electrons. The quantitative estimate of drug-likeness (QED) is 0.855. The highest BCUT2D eigenvalue weighted by atomic mass is 32.2. The van der Waals surface area contributed by atoms with Gasteiger partial charge in [-0.15, -0.1) is 0 Å². The Labute approximate surface area is 120 Å². The highest BCUT2D eigenvalue weighted by Crippen LogP contribution is 2.27. The van der Waals surface area contributed by atoms with Crippen LogP contribution in [0.2, 0.25) is 0 Å². The predicted molar refractivity (Wildman–Crippen MR) is 79.1 cm³/mol. The van der Waals surface area contributed by atoms with Crippen LogP contribution in [0.4, 0.5) is 0 Å². The molecule has 0 radical (unpaired) electrons. The van der Waals surface area contributed by atoms with E-state index in [1.54, 1.807) is 36.1 Å². The Morgan fingerprint density at radius 2 is 1.75 bits per heavy atom. The Morgan fingerprint density at radius 3 is 2.30 bits per heavy atom. The molecule has 1 saturated heterocycles. The van der Waals surface area contributed by atoms with Crippen LogP contribution in [0.3, 0.4) is 0 Å². The third-order valence-electron chi connectivity index (χ3n) is 3.76. The average Bonchev–Trinajstić information content (AvgIpc) is 2.49. The lowest BCUT2D eigenvalue weighted by Crippen LogP contribution is -2.41. The smallest absolute Gasteiger partial charge is 0.245 e. The molecule has 0 aliphatic carbocycles. The number of carbonyl (C=O) groups is 1. The monoisotopic (exact) mass is 295 g/mol. The van der Waals surface area contributed by atoms with Gasteiger partial charge in [0.2, 0.25) is 5.91 Å². The number of amides is 1. The van der Waals surface area contributed by atoms with E-state index in [1.165, 1.54) is 0 Å². The van der Waals surface area contributed by atoms with Gasteiger partial charge in [-0.25, -0.2) is 8.42 Å². The van der Waals surface area contributed by atoms with E-state index in [0.29, 0.717) is 18.7 Å². The fraction of sp³-hybridized carbons (Fsp3) is 0.533. The standard InChI is InChI=1S/C15H21NO3S/c1-2-20(18,19)14(13-9-5-3-6-10-13)15(17)16-11-7-4-8-12-16/h3,5-6,9-10,14H,2,4,7-8,11-12H2,1H3/t14-/m1/s1. The first-order chi connectivity index (χ1) is 9.56. The Kier molecular flexibility index (Phi) is 4.81. The van der Waals surface area contributed by atoms with Gasteiger partial charge in [0.25, 0.3) is 0 Å². The van der Waals surface area contributed by atoms with Crippen molar-refractivity contribution in [3.63, 3.8) is 0 Å². The molecule has 0 aromatic heterocycles. The third-order valence-corrected chi connectivity index (χ3v) is 5.75. The van der Waals surface area contributed by atoms with Gasteiger partial charge in [-0.05, 0) is 24.8 Å². The molecule has 2 rings (SSSR count). The van der Waals surface area contributed by atoms with Crippen LogP contribution in [0.25, 0.3) is 0 Å². The zero-order valence-electron chi connectivity index (χ0n) is 11.8. The first-order valence-corrected chi connectivity index (χ1v) is 8.83. The van der Waals surface area contributed by atoms with Crippen molar-refractivity contribution in [2.24, 2.45) is 0 Å². The summed E-state index contributed by atoms with van der Waals surface area (Å²) in [7, 11) is -3.45. The number of hydrogen-bond acceptors (Lipinski definition) is 3. The van der Waals surface area contributed by atoms with E-state index in [4.69, 9.17) is 0 Å². The van der Waals surface area contributed by atoms with E-state index in [9.17, 15) is 13.2 Å². The second-order valence-electron chi connectivity index (χ2n) is 5.13. The second-order valence-corrected chi connectivity index (χ2v) is 7.50. The lowest BCUT2D eigenvalue weighted by molar-refractivity contribution is -0.131. The van der Waals surface area contributed by atoms with Crippen molar-refractivity contribution in [2.75, 3.05) is 18.8 Å². The molecule has 0 unspecified atom stereocenters. The maximum absolute atomic E-state index is 12.7. The summed E-state index contributed by atoms with van der Waals surface area (Å²) in [4.78, 5) is 14.4. The van der Waals surface area contributed by atoms with Crippen molar-refractivity contribution < 1.29 is 13.2 Å². The highest BCUT2D eigenvalue weighted by molar-refractivity contribution is 7.92. The van der Waals surface area contributed by atoms with Gasteiger partial charge in [0.15, 0.2) is 15.1 Å². The minimum atomic E-state index is -3.45. The number of hydrogen-bond donors (Lipinski definition) is 0. The van der Waals surface area contributed by atoms with Crippen LogP contribution >= 0.6 is 0 Å². The minimum absolute atomic E-state index is 0.0217. The zero-order valence-corrected chi connectivity index (χ0v) is 12.6. The molecule has 5 heteroatoms. The SMILES string of the molecule is CCS(=O)(=O)[C@@H](C(=O)N1CCCCC1)c1ccccc1. The van der Waals surface area contributed by atoms with Gasteiger partial charge >= 0.3 is 0 Å². The summed E-state index contributed by atoms with van der Waals surface area (Å²) in [5.41, 5.74) is 0.574. The van der Waals surface area contributed by atoms with E-state index in [1.807, 2.05) is 6.07 Å². The first-order valence-electron chi connectivity index (χ1n) is 7.11. The van der Waals surface area contributed by atoms with Gasteiger partial charge in [-0.1, -0.05) is 37.3 Å². The van der Waals surface area contributed by atoms with Crippen LogP contribution < -0.4 is 0 Å². The predicted octanol–water partition coefficient (Wildman–Crippen LogP) is 2.17. The number of benzene rings is 1. The molecule has 0 saturated carbocycles. The summed E-state index contributed by atoms with van der Waals surface area (Å²) in [5.74, 6) is -0.288. The summed E-state index contributed by atoms with van der Waals surface area (Å²) in [6.07, 6.45) is 3.03. The number of piperidine rings is 1. The second kappa shape index (κ2) is 6.39. The van der Waals surface area contributed by atoms with Gasteiger partial charge in [-0.3, -0.25) is 4.79 Å². The number of likely N-dealkylation sites (tertiary alicyclic amines) is 1. The largest absolute Gasteiger partial charge is 0.341 e. The molecule has 1 aliphatic heterocycles. The highest BCUT2D eigenvalue weighted by Gasteiger charge is 2.36. The van der Waals surface area contributed by atoms with Crippen molar-refractivity contribution in [3.8, 4) is 0 Å². The first kappa shape index (κ1) is 15.0. The molecular weight excluding hydrogens is 274 g/mol. The Hall–Kier alpha value is -1.36. The Morgan fingerprint density at radius 1 is 1.15 bits per heavy atom. The van der Waals surface area contributed by atoms with Crippen molar-refractivity contribution in [1.29, 1.82) is 0 Å². The van der Waals surface area contributed by atoms with E-state index in [0.717, 1.165) is 19.3 Å². The normalized spacial score (nSPS) is 17.8. The van der Waals surface area contributed by atoms with E-state index < -0.39 is 15.1 Å². The van der Waals surface area contributed by atoms with Crippen molar-refractivity contribution in [1.82, 2.24) is 4.90 Å². The van der Waals surface area contributed by atoms with E-state index in [-0.39, 0.29) is 11.7 Å². The molecule has 20 heavy (non-hydrogen) atoms. The van der Waals surface area contributed by atoms with Crippen LogP contribution in [-0.4, -0.2) is 38.1 Å². The number of rotatable bonds is 4. The molecular formula is C15H21NO3S. The lowest BCUT2D eigenvalue weighted by Gasteiger charge is -2.30. The molecule has 1 aromatic rings. The fourth-order valence-corrected chi connectivity index (χ4v) is 3.94. The summed E-state index contributed by atoms with van der Waals surface area (Å²) in [6, 6.07) is 8.82. The molecule has 1 atom stereocenters. The van der Waals surface area contributed by atoms with Crippen LogP contribution in [0.1, 0.15) is 37.0 Å². The number of sulfone groups is 1. The Bertz CT molecular complexity index is 548. The number of carbonyl (C=O) groups excluding carboxylic acids is 1. The van der Waals surface area contributed by atoms with E-state index >= 15 is 0 Å². The number of nitrogens with zero attached hydrogens (tertiary/aromatic N) is 1.